The average molecular weight is 413 g/mol. The molecule has 2 fully saturated rings. The minimum atomic E-state index is -0.529. The Balaban J connectivity index is 1.60. The van der Waals surface area contributed by atoms with Crippen LogP contribution >= 0.6 is 0 Å². The van der Waals surface area contributed by atoms with E-state index >= 15 is 0 Å². The number of benzene rings is 1. The fourth-order valence-corrected chi connectivity index (χ4v) is 5.03. The molecule has 1 N–H and O–H groups in total. The van der Waals surface area contributed by atoms with Crippen LogP contribution in [0, 0.1) is 16.7 Å². The van der Waals surface area contributed by atoms with Crippen LogP contribution in [0.5, 0.6) is 0 Å². The predicted octanol–water partition coefficient (Wildman–Crippen LogP) is 5.09. The number of carbonyl (C=O) groups excluding carboxylic acids is 3. The number of carbonyl (C=O) groups is 3. The van der Waals surface area contributed by atoms with E-state index in [0.717, 1.165) is 25.7 Å². The molecule has 0 spiro atoms. The molecule has 0 aromatic heterocycles. The van der Waals surface area contributed by atoms with Crippen LogP contribution in [0.4, 0.5) is 5.69 Å². The number of piperidine rings is 1. The fraction of sp³-hybridized carbons (Fsp3) is 0.640. The van der Waals surface area contributed by atoms with Gasteiger partial charge < -0.3 is 5.32 Å². The summed E-state index contributed by atoms with van der Waals surface area (Å²) in [5.74, 6) is -0.480. The number of amides is 3. The predicted molar refractivity (Wildman–Crippen MR) is 119 cm³/mol. The molecule has 1 saturated heterocycles. The van der Waals surface area contributed by atoms with Crippen molar-refractivity contribution < 1.29 is 14.4 Å². The lowest BCUT2D eigenvalue weighted by Gasteiger charge is -2.47. The van der Waals surface area contributed by atoms with Gasteiger partial charge in [0.05, 0.1) is 11.1 Å². The largest absolute Gasteiger partial charge is 0.352 e. The quantitative estimate of drug-likeness (QED) is 0.454. The van der Waals surface area contributed by atoms with Crippen molar-refractivity contribution in [3.63, 3.8) is 0 Å². The van der Waals surface area contributed by atoms with Gasteiger partial charge in [-0.1, -0.05) is 59.8 Å². The number of nitrogens with one attached hydrogen (secondary N) is 1. The second kappa shape index (κ2) is 8.91. The summed E-state index contributed by atoms with van der Waals surface area (Å²) in [6.45, 7) is 8.93. The minimum absolute atomic E-state index is 0.111. The third-order valence-corrected chi connectivity index (χ3v) is 7.62. The lowest BCUT2D eigenvalue weighted by molar-refractivity contribution is -0.146. The monoisotopic (exact) mass is 412 g/mol. The van der Waals surface area contributed by atoms with Gasteiger partial charge in [0.2, 0.25) is 11.8 Å². The highest BCUT2D eigenvalue weighted by Gasteiger charge is 2.64. The molecule has 164 valence electrons. The van der Waals surface area contributed by atoms with E-state index in [-0.39, 0.29) is 29.1 Å². The van der Waals surface area contributed by atoms with E-state index in [2.05, 4.69) is 12.2 Å². The normalized spacial score (nSPS) is 24.9. The number of unbranched alkanes of at least 4 members (excludes halogenated alkanes) is 5. The topological polar surface area (TPSA) is 66.5 Å². The van der Waals surface area contributed by atoms with Crippen LogP contribution in [0.3, 0.4) is 0 Å². The summed E-state index contributed by atoms with van der Waals surface area (Å²) >= 11 is 0. The summed E-state index contributed by atoms with van der Waals surface area (Å²) in [5, 5.41) is 2.96. The molecule has 2 aliphatic rings. The van der Waals surface area contributed by atoms with E-state index in [1.54, 1.807) is 24.3 Å². The van der Waals surface area contributed by atoms with Gasteiger partial charge in [0.25, 0.3) is 5.91 Å². The Bertz CT molecular complexity index is 799. The third-order valence-electron chi connectivity index (χ3n) is 7.62. The van der Waals surface area contributed by atoms with Crippen molar-refractivity contribution in [2.24, 2.45) is 16.7 Å². The SMILES string of the molecule is CCCCCCCCNC(=O)c1ccc(N2C(=O)[C@H]3CC[C@@](C)(C2=O)C3(C)C)cc1. The first kappa shape index (κ1) is 22.5. The van der Waals surface area contributed by atoms with Crippen LogP contribution in [0.1, 0.15) is 89.4 Å². The molecule has 1 aromatic carbocycles. The van der Waals surface area contributed by atoms with Crippen molar-refractivity contribution in [2.75, 3.05) is 11.4 Å². The summed E-state index contributed by atoms with van der Waals surface area (Å²) in [4.78, 5) is 40.0. The van der Waals surface area contributed by atoms with Crippen LogP contribution < -0.4 is 10.2 Å². The van der Waals surface area contributed by atoms with Crippen LogP contribution in [0.25, 0.3) is 0 Å². The number of hydrogen-bond acceptors (Lipinski definition) is 3. The molecule has 3 amide bonds. The molecule has 1 heterocycles. The van der Waals surface area contributed by atoms with Crippen LogP contribution in [0.15, 0.2) is 24.3 Å². The van der Waals surface area contributed by atoms with E-state index in [4.69, 9.17) is 0 Å². The Labute approximate surface area is 180 Å². The van der Waals surface area contributed by atoms with Gasteiger partial charge in [-0.15, -0.1) is 0 Å². The third kappa shape index (κ3) is 3.91. The first-order chi connectivity index (χ1) is 14.2. The summed E-state index contributed by atoms with van der Waals surface area (Å²) in [5.41, 5.74) is 0.259. The zero-order chi connectivity index (χ0) is 21.9. The van der Waals surface area contributed by atoms with E-state index in [1.807, 2.05) is 20.8 Å². The van der Waals surface area contributed by atoms with Gasteiger partial charge in [-0.2, -0.15) is 0 Å². The van der Waals surface area contributed by atoms with Crippen molar-refractivity contribution in [1.29, 1.82) is 0 Å². The zero-order valence-corrected chi connectivity index (χ0v) is 18.9. The fourth-order valence-electron chi connectivity index (χ4n) is 5.03. The van der Waals surface area contributed by atoms with Gasteiger partial charge in [0.1, 0.15) is 0 Å². The maximum atomic E-state index is 13.2. The molecule has 1 aliphatic heterocycles. The number of fused-ring (bicyclic) bond motifs is 2. The molecule has 0 unspecified atom stereocenters. The number of hydrogen-bond donors (Lipinski definition) is 1. The molecule has 5 heteroatoms. The van der Waals surface area contributed by atoms with E-state index in [9.17, 15) is 14.4 Å². The Morgan fingerprint density at radius 3 is 2.33 bits per heavy atom. The highest BCUT2D eigenvalue weighted by Crippen LogP contribution is 2.60. The summed E-state index contributed by atoms with van der Waals surface area (Å²) < 4.78 is 0. The van der Waals surface area contributed by atoms with Gasteiger partial charge in [0.15, 0.2) is 0 Å². The molecule has 2 atom stereocenters. The molecule has 30 heavy (non-hydrogen) atoms. The van der Waals surface area contributed by atoms with Crippen LogP contribution in [0.2, 0.25) is 0 Å². The Morgan fingerprint density at radius 2 is 1.67 bits per heavy atom. The van der Waals surface area contributed by atoms with Gasteiger partial charge in [-0.05, 0) is 48.9 Å². The first-order valence-corrected chi connectivity index (χ1v) is 11.5. The molecular formula is C25H36N2O3. The molecule has 2 bridgehead atoms. The molecule has 1 saturated carbocycles. The van der Waals surface area contributed by atoms with Gasteiger partial charge >= 0.3 is 0 Å². The minimum Gasteiger partial charge on any atom is -0.352 e. The van der Waals surface area contributed by atoms with Crippen molar-refractivity contribution >= 4 is 23.4 Å². The van der Waals surface area contributed by atoms with Gasteiger partial charge in [-0.25, -0.2) is 4.90 Å². The molecule has 1 aliphatic carbocycles. The first-order valence-electron chi connectivity index (χ1n) is 11.5. The summed E-state index contributed by atoms with van der Waals surface area (Å²) in [6, 6.07) is 6.85. The highest BCUT2D eigenvalue weighted by atomic mass is 16.2. The maximum Gasteiger partial charge on any atom is 0.251 e. The van der Waals surface area contributed by atoms with Crippen molar-refractivity contribution in [1.82, 2.24) is 5.32 Å². The van der Waals surface area contributed by atoms with Crippen molar-refractivity contribution in [3.8, 4) is 0 Å². The number of rotatable bonds is 9. The Morgan fingerprint density at radius 1 is 1.03 bits per heavy atom. The second-order valence-corrected chi connectivity index (χ2v) is 9.69. The Kier molecular flexibility index (Phi) is 6.68. The van der Waals surface area contributed by atoms with Crippen LogP contribution in [-0.4, -0.2) is 24.3 Å². The summed E-state index contributed by atoms with van der Waals surface area (Å²) in [6.07, 6.45) is 8.60. The van der Waals surface area contributed by atoms with Crippen molar-refractivity contribution in [2.45, 2.75) is 79.1 Å². The van der Waals surface area contributed by atoms with E-state index in [0.29, 0.717) is 17.8 Å². The summed E-state index contributed by atoms with van der Waals surface area (Å²) in [7, 11) is 0. The molecule has 0 radical (unpaired) electrons. The highest BCUT2D eigenvalue weighted by molar-refractivity contribution is 6.20. The smallest absolute Gasteiger partial charge is 0.251 e. The lowest BCUT2D eigenvalue weighted by atomic mass is 9.62. The molecule has 1 aromatic rings. The molecular weight excluding hydrogens is 376 g/mol. The Hall–Kier alpha value is -2.17. The van der Waals surface area contributed by atoms with Gasteiger partial charge in [-0.3, -0.25) is 14.4 Å². The molecule has 3 rings (SSSR count). The number of imide groups is 1. The average Bonchev–Trinajstić information content (AvgIpc) is 2.90. The van der Waals surface area contributed by atoms with Gasteiger partial charge in [0, 0.05) is 18.0 Å². The van der Waals surface area contributed by atoms with Crippen LogP contribution in [-0.2, 0) is 9.59 Å². The van der Waals surface area contributed by atoms with E-state index < -0.39 is 5.41 Å². The molecule has 5 nitrogen and oxygen atoms in total. The number of nitrogens with zero attached hydrogens (tertiary/aromatic N) is 1. The standard InChI is InChI=1S/C25H36N2O3/c1-5-6-7-8-9-10-17-26-21(28)18-11-13-19(14-12-18)27-22(29)20-15-16-25(4,23(27)30)24(20,2)3/h11-14,20H,5-10,15-17H2,1-4H3,(H,26,28)/t20-,25+/m1/s1. The van der Waals surface area contributed by atoms with Crippen molar-refractivity contribution in [3.05, 3.63) is 29.8 Å². The second-order valence-electron chi connectivity index (χ2n) is 9.69. The number of anilines is 1. The maximum absolute atomic E-state index is 13.2. The lowest BCUT2D eigenvalue weighted by Crippen LogP contribution is -2.59. The van der Waals surface area contributed by atoms with E-state index in [1.165, 1.54) is 30.6 Å². The zero-order valence-electron chi connectivity index (χ0n) is 18.9.